The molecule has 0 heterocycles. The molecule has 0 spiro atoms. The first-order valence-corrected chi connectivity index (χ1v) is 7.38. The standard InChI is InChI=1S/C13H21ClN2S/c1-3-6-10(2)12(16-15)9-17-13-8-5-4-7-11(13)14/h4-5,7-8,10,12,16H,3,6,9,15H2,1-2H3. The topological polar surface area (TPSA) is 38.0 Å². The Morgan fingerprint density at radius 1 is 1.41 bits per heavy atom. The molecule has 17 heavy (non-hydrogen) atoms. The van der Waals surface area contributed by atoms with Crippen LogP contribution < -0.4 is 11.3 Å². The lowest BCUT2D eigenvalue weighted by Crippen LogP contribution is -2.41. The van der Waals surface area contributed by atoms with Crippen LogP contribution in [-0.4, -0.2) is 11.8 Å². The number of halogens is 1. The minimum absolute atomic E-state index is 0.330. The van der Waals surface area contributed by atoms with Crippen LogP contribution in [0.5, 0.6) is 0 Å². The summed E-state index contributed by atoms with van der Waals surface area (Å²) in [6, 6.07) is 8.26. The van der Waals surface area contributed by atoms with Gasteiger partial charge in [-0.1, -0.05) is 44.0 Å². The number of hydrogen-bond donors (Lipinski definition) is 2. The van der Waals surface area contributed by atoms with E-state index in [0.29, 0.717) is 12.0 Å². The molecule has 3 N–H and O–H groups in total. The summed E-state index contributed by atoms with van der Waals surface area (Å²) in [6.07, 6.45) is 2.38. The van der Waals surface area contributed by atoms with Crippen molar-refractivity contribution >= 4 is 23.4 Å². The Hall–Kier alpha value is -0.220. The van der Waals surface area contributed by atoms with Gasteiger partial charge in [0.05, 0.1) is 5.02 Å². The highest BCUT2D eigenvalue weighted by Gasteiger charge is 2.15. The van der Waals surface area contributed by atoms with Gasteiger partial charge in [-0.2, -0.15) is 0 Å². The fraction of sp³-hybridized carbons (Fsp3) is 0.538. The number of rotatable bonds is 7. The molecule has 0 aliphatic heterocycles. The van der Waals surface area contributed by atoms with Gasteiger partial charge in [0.15, 0.2) is 0 Å². The maximum Gasteiger partial charge on any atom is 0.0541 e. The van der Waals surface area contributed by atoms with Crippen LogP contribution >= 0.6 is 23.4 Å². The molecule has 1 aromatic carbocycles. The summed E-state index contributed by atoms with van der Waals surface area (Å²) in [5, 5.41) is 0.816. The molecule has 0 saturated carbocycles. The Balaban J connectivity index is 2.50. The van der Waals surface area contributed by atoms with E-state index in [1.807, 2.05) is 24.3 Å². The van der Waals surface area contributed by atoms with E-state index in [2.05, 4.69) is 19.3 Å². The van der Waals surface area contributed by atoms with Crippen LogP contribution in [0, 0.1) is 5.92 Å². The van der Waals surface area contributed by atoms with Gasteiger partial charge in [0.25, 0.3) is 0 Å². The summed E-state index contributed by atoms with van der Waals surface area (Å²) in [7, 11) is 0. The van der Waals surface area contributed by atoms with Crippen molar-refractivity contribution in [3.8, 4) is 0 Å². The van der Waals surface area contributed by atoms with Crippen molar-refractivity contribution in [2.45, 2.75) is 37.6 Å². The van der Waals surface area contributed by atoms with Crippen molar-refractivity contribution in [2.75, 3.05) is 5.75 Å². The summed E-state index contributed by atoms with van der Waals surface area (Å²) < 4.78 is 0. The van der Waals surface area contributed by atoms with Crippen LogP contribution in [0.3, 0.4) is 0 Å². The van der Waals surface area contributed by atoms with Gasteiger partial charge >= 0.3 is 0 Å². The Morgan fingerprint density at radius 2 is 2.12 bits per heavy atom. The van der Waals surface area contributed by atoms with E-state index in [0.717, 1.165) is 15.7 Å². The zero-order valence-electron chi connectivity index (χ0n) is 10.4. The van der Waals surface area contributed by atoms with E-state index in [1.165, 1.54) is 12.8 Å². The van der Waals surface area contributed by atoms with E-state index in [9.17, 15) is 0 Å². The third-order valence-electron chi connectivity index (χ3n) is 2.90. The molecule has 0 aliphatic carbocycles. The van der Waals surface area contributed by atoms with Crippen LogP contribution in [0.2, 0.25) is 5.02 Å². The minimum Gasteiger partial charge on any atom is -0.271 e. The maximum atomic E-state index is 6.12. The van der Waals surface area contributed by atoms with Gasteiger partial charge in [-0.25, -0.2) is 0 Å². The summed E-state index contributed by atoms with van der Waals surface area (Å²) in [6.45, 7) is 4.44. The third kappa shape index (κ3) is 4.88. The monoisotopic (exact) mass is 272 g/mol. The van der Waals surface area contributed by atoms with Gasteiger partial charge in [-0.3, -0.25) is 11.3 Å². The van der Waals surface area contributed by atoms with Gasteiger partial charge in [-0.05, 0) is 24.5 Å². The van der Waals surface area contributed by atoms with Gasteiger partial charge in [0.2, 0.25) is 0 Å². The minimum atomic E-state index is 0.330. The number of nitrogens with two attached hydrogens (primary N) is 1. The van der Waals surface area contributed by atoms with Crippen LogP contribution in [0.1, 0.15) is 26.7 Å². The van der Waals surface area contributed by atoms with Gasteiger partial charge in [-0.15, -0.1) is 11.8 Å². The largest absolute Gasteiger partial charge is 0.271 e. The molecule has 0 fully saturated rings. The molecule has 1 aromatic rings. The van der Waals surface area contributed by atoms with Crippen molar-refractivity contribution in [3.05, 3.63) is 29.3 Å². The van der Waals surface area contributed by atoms with Gasteiger partial charge < -0.3 is 0 Å². The lowest BCUT2D eigenvalue weighted by Gasteiger charge is -2.22. The smallest absolute Gasteiger partial charge is 0.0541 e. The molecule has 2 unspecified atom stereocenters. The molecular weight excluding hydrogens is 252 g/mol. The number of benzene rings is 1. The summed E-state index contributed by atoms with van der Waals surface area (Å²) in [5.74, 6) is 7.14. The average molecular weight is 273 g/mol. The maximum absolute atomic E-state index is 6.12. The molecular formula is C13H21ClN2S. The number of hydrogen-bond acceptors (Lipinski definition) is 3. The van der Waals surface area contributed by atoms with E-state index < -0.39 is 0 Å². The van der Waals surface area contributed by atoms with E-state index in [4.69, 9.17) is 17.4 Å². The number of nitrogens with one attached hydrogen (secondary N) is 1. The average Bonchev–Trinajstić information content (AvgIpc) is 2.32. The fourth-order valence-corrected chi connectivity index (χ4v) is 3.24. The first-order chi connectivity index (χ1) is 8.19. The molecule has 1 rings (SSSR count). The molecule has 0 bridgehead atoms. The van der Waals surface area contributed by atoms with Crippen molar-refractivity contribution in [2.24, 2.45) is 11.8 Å². The number of hydrazine groups is 1. The quantitative estimate of drug-likeness (QED) is 0.452. The van der Waals surface area contributed by atoms with Crippen LogP contribution in [0.4, 0.5) is 0 Å². The van der Waals surface area contributed by atoms with Crippen LogP contribution in [0.15, 0.2) is 29.2 Å². The summed E-state index contributed by atoms with van der Waals surface area (Å²) in [5.41, 5.74) is 2.91. The second-order valence-electron chi connectivity index (χ2n) is 4.28. The lowest BCUT2D eigenvalue weighted by molar-refractivity contribution is 0.387. The molecule has 0 amide bonds. The van der Waals surface area contributed by atoms with Gasteiger partial charge in [0.1, 0.15) is 0 Å². The van der Waals surface area contributed by atoms with Gasteiger partial charge in [0, 0.05) is 16.7 Å². The highest BCUT2D eigenvalue weighted by molar-refractivity contribution is 7.99. The van der Waals surface area contributed by atoms with Crippen molar-refractivity contribution in [3.63, 3.8) is 0 Å². The van der Waals surface area contributed by atoms with E-state index in [1.54, 1.807) is 11.8 Å². The van der Waals surface area contributed by atoms with Crippen molar-refractivity contribution in [1.29, 1.82) is 0 Å². The predicted octanol–water partition coefficient (Wildman–Crippen LogP) is 3.70. The Bertz CT molecular complexity index is 333. The number of thioether (sulfide) groups is 1. The lowest BCUT2D eigenvalue weighted by atomic mass is 9.99. The molecule has 2 atom stereocenters. The first-order valence-electron chi connectivity index (χ1n) is 6.02. The van der Waals surface area contributed by atoms with Crippen LogP contribution in [-0.2, 0) is 0 Å². The summed E-state index contributed by atoms with van der Waals surface area (Å²) >= 11 is 7.88. The second kappa shape index (κ2) is 7.98. The van der Waals surface area contributed by atoms with Crippen molar-refractivity contribution in [1.82, 2.24) is 5.43 Å². The van der Waals surface area contributed by atoms with Crippen molar-refractivity contribution < 1.29 is 0 Å². The molecule has 0 radical (unpaired) electrons. The highest BCUT2D eigenvalue weighted by Crippen LogP contribution is 2.28. The van der Waals surface area contributed by atoms with E-state index >= 15 is 0 Å². The third-order valence-corrected chi connectivity index (χ3v) is 4.53. The predicted molar refractivity (Wildman–Crippen MR) is 77.4 cm³/mol. The fourth-order valence-electron chi connectivity index (χ4n) is 1.77. The molecule has 0 aromatic heterocycles. The molecule has 2 nitrogen and oxygen atoms in total. The molecule has 0 saturated heterocycles. The Kier molecular flexibility index (Phi) is 6.97. The Labute approximate surface area is 113 Å². The van der Waals surface area contributed by atoms with E-state index in [-0.39, 0.29) is 0 Å². The molecule has 96 valence electrons. The SMILES string of the molecule is CCCC(C)C(CSc1ccccc1Cl)NN. The highest BCUT2D eigenvalue weighted by atomic mass is 35.5. The normalized spacial score (nSPS) is 14.6. The zero-order valence-corrected chi connectivity index (χ0v) is 12.0. The Morgan fingerprint density at radius 3 is 2.71 bits per heavy atom. The second-order valence-corrected chi connectivity index (χ2v) is 5.75. The first kappa shape index (κ1) is 14.8. The zero-order chi connectivity index (χ0) is 12.7. The van der Waals surface area contributed by atoms with Crippen LogP contribution in [0.25, 0.3) is 0 Å². The summed E-state index contributed by atoms with van der Waals surface area (Å²) in [4.78, 5) is 1.12. The molecule has 4 heteroatoms. The molecule has 0 aliphatic rings.